The predicted molar refractivity (Wildman–Crippen MR) is 100 cm³/mol. The van der Waals surface area contributed by atoms with Gasteiger partial charge in [-0.1, -0.05) is 29.8 Å². The number of anilines is 1. The number of rotatable bonds is 2. The Morgan fingerprint density at radius 3 is 2.96 bits per heavy atom. The molecule has 2 aliphatic heterocycles. The summed E-state index contributed by atoms with van der Waals surface area (Å²) in [6.45, 7) is 7.29. The standard InChI is InChI=1S/C22H30N2/c1-16-6-7-21-20(12-16)22(15-23-21)8-10-24(11-9-22)14-18-13-17-4-2-3-5-19(17)18/h3,5-7,12,17-19,23H,2,4,8-11,13-15H2,1H3. The van der Waals surface area contributed by atoms with Crippen LogP contribution in [0.15, 0.2) is 30.4 Å². The third-order valence-corrected chi connectivity index (χ3v) is 7.43. The van der Waals surface area contributed by atoms with E-state index in [9.17, 15) is 0 Å². The van der Waals surface area contributed by atoms with E-state index in [0.29, 0.717) is 5.41 Å². The first-order valence-electron chi connectivity index (χ1n) is 9.98. The molecule has 0 aromatic heterocycles. The largest absolute Gasteiger partial charge is 0.384 e. The number of nitrogens with zero attached hydrogens (tertiary/aromatic N) is 1. The highest BCUT2D eigenvalue weighted by atomic mass is 15.1. The van der Waals surface area contributed by atoms with E-state index in [0.717, 1.165) is 24.3 Å². The number of benzene rings is 1. The van der Waals surface area contributed by atoms with E-state index < -0.39 is 0 Å². The van der Waals surface area contributed by atoms with Gasteiger partial charge in [0.05, 0.1) is 0 Å². The van der Waals surface area contributed by atoms with Crippen LogP contribution < -0.4 is 5.32 Å². The number of hydrogen-bond donors (Lipinski definition) is 1. The van der Waals surface area contributed by atoms with Crippen molar-refractivity contribution >= 4 is 5.69 Å². The molecule has 2 heterocycles. The molecule has 1 N–H and O–H groups in total. The van der Waals surface area contributed by atoms with Crippen molar-refractivity contribution in [3.8, 4) is 0 Å². The molecule has 5 rings (SSSR count). The second-order valence-electron chi connectivity index (χ2n) is 8.82. The van der Waals surface area contributed by atoms with Crippen LogP contribution in [0.4, 0.5) is 5.69 Å². The summed E-state index contributed by atoms with van der Waals surface area (Å²) < 4.78 is 0. The smallest absolute Gasteiger partial charge is 0.0379 e. The maximum absolute atomic E-state index is 3.68. The molecule has 128 valence electrons. The molecule has 1 saturated heterocycles. The molecule has 0 bridgehead atoms. The van der Waals surface area contributed by atoms with Crippen molar-refractivity contribution in [2.24, 2.45) is 17.8 Å². The molecule has 1 spiro atoms. The molecule has 2 nitrogen and oxygen atoms in total. The molecule has 1 saturated carbocycles. The Bertz CT molecular complexity index is 654. The summed E-state index contributed by atoms with van der Waals surface area (Å²) in [5.41, 5.74) is 4.80. The van der Waals surface area contributed by atoms with Gasteiger partial charge in [0.15, 0.2) is 0 Å². The molecule has 2 fully saturated rings. The molecular weight excluding hydrogens is 292 g/mol. The number of likely N-dealkylation sites (tertiary alicyclic amines) is 1. The minimum absolute atomic E-state index is 0.407. The summed E-state index contributed by atoms with van der Waals surface area (Å²) in [6, 6.07) is 6.97. The first kappa shape index (κ1) is 15.0. The lowest BCUT2D eigenvalue weighted by Crippen LogP contribution is -2.49. The van der Waals surface area contributed by atoms with E-state index >= 15 is 0 Å². The topological polar surface area (TPSA) is 15.3 Å². The van der Waals surface area contributed by atoms with Crippen molar-refractivity contribution in [1.82, 2.24) is 4.90 Å². The van der Waals surface area contributed by atoms with Crippen LogP contribution in [0.5, 0.6) is 0 Å². The van der Waals surface area contributed by atoms with E-state index in [1.165, 1.54) is 63.0 Å². The number of piperidine rings is 1. The van der Waals surface area contributed by atoms with Crippen LogP contribution in [-0.2, 0) is 5.41 Å². The molecule has 3 unspecified atom stereocenters. The lowest BCUT2D eigenvalue weighted by molar-refractivity contribution is 0.0443. The predicted octanol–water partition coefficient (Wildman–Crippen LogP) is 4.36. The summed E-state index contributed by atoms with van der Waals surface area (Å²) in [5.74, 6) is 2.87. The van der Waals surface area contributed by atoms with Crippen molar-refractivity contribution in [3.05, 3.63) is 41.5 Å². The van der Waals surface area contributed by atoms with Gasteiger partial charge in [-0.3, -0.25) is 0 Å². The van der Waals surface area contributed by atoms with Gasteiger partial charge >= 0.3 is 0 Å². The van der Waals surface area contributed by atoms with Gasteiger partial charge in [-0.25, -0.2) is 0 Å². The van der Waals surface area contributed by atoms with E-state index in [2.05, 4.69) is 47.5 Å². The van der Waals surface area contributed by atoms with Crippen LogP contribution in [0, 0.1) is 24.7 Å². The molecule has 4 aliphatic rings. The SMILES string of the molecule is Cc1ccc2c(c1)C1(CCN(CC3CC4CCC=CC43)CC1)CN2. The number of allylic oxidation sites excluding steroid dienone is 2. The summed E-state index contributed by atoms with van der Waals surface area (Å²) in [5, 5.41) is 3.68. The second-order valence-corrected chi connectivity index (χ2v) is 8.82. The third-order valence-electron chi connectivity index (χ3n) is 7.43. The van der Waals surface area contributed by atoms with Crippen LogP contribution in [0.2, 0.25) is 0 Å². The van der Waals surface area contributed by atoms with Gasteiger partial charge in [0.2, 0.25) is 0 Å². The Balaban J connectivity index is 1.24. The lowest BCUT2D eigenvalue weighted by Gasteiger charge is -2.49. The third kappa shape index (κ3) is 2.34. The summed E-state index contributed by atoms with van der Waals surface area (Å²) in [4.78, 5) is 2.77. The normalized spacial score (nSPS) is 33.6. The van der Waals surface area contributed by atoms with Crippen LogP contribution in [-0.4, -0.2) is 31.1 Å². The Morgan fingerprint density at radius 1 is 1.25 bits per heavy atom. The van der Waals surface area contributed by atoms with Crippen LogP contribution in [0.3, 0.4) is 0 Å². The zero-order valence-corrected chi connectivity index (χ0v) is 14.9. The first-order chi connectivity index (χ1) is 11.7. The summed E-state index contributed by atoms with van der Waals surface area (Å²) in [6.07, 6.45) is 11.9. The fourth-order valence-electron chi connectivity index (χ4n) is 5.83. The molecule has 3 atom stereocenters. The zero-order valence-electron chi connectivity index (χ0n) is 14.9. The molecular formula is C22H30N2. The summed E-state index contributed by atoms with van der Waals surface area (Å²) in [7, 11) is 0. The van der Waals surface area contributed by atoms with Crippen molar-refractivity contribution in [2.45, 2.75) is 44.4 Å². The minimum Gasteiger partial charge on any atom is -0.384 e. The quantitative estimate of drug-likeness (QED) is 0.814. The fraction of sp³-hybridized carbons (Fsp3) is 0.636. The van der Waals surface area contributed by atoms with E-state index in [1.807, 2.05) is 0 Å². The van der Waals surface area contributed by atoms with Crippen LogP contribution in [0.25, 0.3) is 0 Å². The monoisotopic (exact) mass is 322 g/mol. The van der Waals surface area contributed by atoms with Gasteiger partial charge < -0.3 is 10.2 Å². The average Bonchev–Trinajstić information content (AvgIpc) is 2.92. The van der Waals surface area contributed by atoms with Crippen molar-refractivity contribution in [3.63, 3.8) is 0 Å². The van der Waals surface area contributed by atoms with Crippen molar-refractivity contribution in [2.75, 3.05) is 31.5 Å². The Kier molecular flexibility index (Phi) is 3.52. The van der Waals surface area contributed by atoms with Crippen molar-refractivity contribution < 1.29 is 0 Å². The Hall–Kier alpha value is -1.28. The lowest BCUT2D eigenvalue weighted by atomic mass is 9.61. The van der Waals surface area contributed by atoms with Crippen LogP contribution >= 0.6 is 0 Å². The second kappa shape index (κ2) is 5.62. The highest BCUT2D eigenvalue weighted by molar-refractivity contribution is 5.61. The number of hydrogen-bond acceptors (Lipinski definition) is 2. The molecule has 0 radical (unpaired) electrons. The van der Waals surface area contributed by atoms with Crippen molar-refractivity contribution in [1.29, 1.82) is 0 Å². The molecule has 2 heteroatoms. The van der Waals surface area contributed by atoms with Gasteiger partial charge in [0, 0.05) is 24.2 Å². The van der Waals surface area contributed by atoms with E-state index in [4.69, 9.17) is 0 Å². The fourth-order valence-corrected chi connectivity index (χ4v) is 5.83. The Morgan fingerprint density at radius 2 is 2.12 bits per heavy atom. The van der Waals surface area contributed by atoms with E-state index in [-0.39, 0.29) is 0 Å². The minimum atomic E-state index is 0.407. The van der Waals surface area contributed by atoms with Gasteiger partial charge in [-0.05, 0) is 81.5 Å². The number of nitrogens with one attached hydrogen (secondary N) is 1. The Labute approximate surface area is 146 Å². The number of aryl methyl sites for hydroxylation is 1. The highest BCUT2D eigenvalue weighted by Gasteiger charge is 2.44. The van der Waals surface area contributed by atoms with Gasteiger partial charge in [0.1, 0.15) is 0 Å². The summed E-state index contributed by atoms with van der Waals surface area (Å²) >= 11 is 0. The maximum Gasteiger partial charge on any atom is 0.0379 e. The first-order valence-corrected chi connectivity index (χ1v) is 9.98. The zero-order chi connectivity index (χ0) is 16.1. The van der Waals surface area contributed by atoms with E-state index in [1.54, 1.807) is 5.56 Å². The number of fused-ring (bicyclic) bond motifs is 3. The van der Waals surface area contributed by atoms with Crippen LogP contribution in [0.1, 0.15) is 43.2 Å². The highest BCUT2D eigenvalue weighted by Crippen LogP contribution is 2.48. The average molecular weight is 322 g/mol. The maximum atomic E-state index is 3.68. The molecule has 0 amide bonds. The molecule has 1 aromatic rings. The molecule has 1 aromatic carbocycles. The van der Waals surface area contributed by atoms with Gasteiger partial charge in [-0.15, -0.1) is 0 Å². The van der Waals surface area contributed by atoms with Gasteiger partial charge in [-0.2, -0.15) is 0 Å². The molecule has 2 aliphatic carbocycles. The van der Waals surface area contributed by atoms with Gasteiger partial charge in [0.25, 0.3) is 0 Å². The molecule has 24 heavy (non-hydrogen) atoms.